The number of ether oxygens (including phenoxy) is 1. The van der Waals surface area contributed by atoms with Crippen LogP contribution in [0.3, 0.4) is 0 Å². The Hall–Kier alpha value is -3.27. The minimum Gasteiger partial charge on any atom is -0.450 e. The first-order chi connectivity index (χ1) is 13.5. The molecule has 28 heavy (non-hydrogen) atoms. The van der Waals surface area contributed by atoms with E-state index in [1.54, 1.807) is 30.0 Å². The summed E-state index contributed by atoms with van der Waals surface area (Å²) < 4.78 is 5.02. The predicted molar refractivity (Wildman–Crippen MR) is 104 cm³/mol. The summed E-state index contributed by atoms with van der Waals surface area (Å²) in [5, 5.41) is 13.8. The van der Waals surface area contributed by atoms with Crippen LogP contribution in [0.2, 0.25) is 0 Å². The normalized spacial score (nSPS) is 13.2. The second kappa shape index (κ2) is 8.61. The lowest BCUT2D eigenvalue weighted by atomic mass is 10.2. The minimum atomic E-state index is -0.479. The Morgan fingerprint density at radius 1 is 1.39 bits per heavy atom. The van der Waals surface area contributed by atoms with Gasteiger partial charge in [-0.05, 0) is 30.7 Å². The van der Waals surface area contributed by atoms with Gasteiger partial charge in [0.05, 0.1) is 23.8 Å². The van der Waals surface area contributed by atoms with Gasteiger partial charge in [0.2, 0.25) is 5.91 Å². The lowest BCUT2D eigenvalue weighted by molar-refractivity contribution is -0.384. The Bertz CT molecular complexity index is 923. The molecule has 0 bridgehead atoms. The Kier molecular flexibility index (Phi) is 5.99. The summed E-state index contributed by atoms with van der Waals surface area (Å²) in [6.07, 6.45) is 3.17. The molecule has 1 aromatic heterocycles. The number of nitro benzene ring substituents is 1. The van der Waals surface area contributed by atoms with Crippen LogP contribution in [0.25, 0.3) is 6.08 Å². The molecular formula is C18H18N4O5S. The number of carbonyl (C=O) groups excluding carboxylic acids is 2. The highest BCUT2D eigenvalue weighted by Crippen LogP contribution is 2.28. The van der Waals surface area contributed by atoms with Crippen LogP contribution in [0.5, 0.6) is 0 Å². The van der Waals surface area contributed by atoms with Crippen LogP contribution in [-0.4, -0.2) is 40.0 Å². The Morgan fingerprint density at radius 3 is 2.82 bits per heavy atom. The van der Waals surface area contributed by atoms with Crippen LogP contribution in [-0.2, 0) is 22.5 Å². The maximum absolute atomic E-state index is 12.1. The van der Waals surface area contributed by atoms with E-state index in [2.05, 4.69) is 10.3 Å². The second-order valence-corrected chi connectivity index (χ2v) is 7.01. The molecule has 1 aliphatic rings. The molecule has 9 nitrogen and oxygen atoms in total. The number of non-ortho nitro benzene ring substituents is 1. The fourth-order valence-corrected chi connectivity index (χ4v) is 3.67. The quantitative estimate of drug-likeness (QED) is 0.466. The van der Waals surface area contributed by atoms with Gasteiger partial charge in [-0.1, -0.05) is 11.3 Å². The number of thiazole rings is 1. The molecule has 1 aromatic carbocycles. The molecular weight excluding hydrogens is 384 g/mol. The van der Waals surface area contributed by atoms with Gasteiger partial charge < -0.3 is 9.64 Å². The number of nitrogens with one attached hydrogen (secondary N) is 1. The lowest BCUT2D eigenvalue weighted by Gasteiger charge is -2.24. The third kappa shape index (κ3) is 4.71. The highest BCUT2D eigenvalue weighted by atomic mass is 32.1. The number of rotatable bonds is 5. The molecule has 0 fully saturated rings. The highest BCUT2D eigenvalue weighted by Gasteiger charge is 2.25. The molecule has 146 valence electrons. The summed E-state index contributed by atoms with van der Waals surface area (Å²) in [6, 6.07) is 5.88. The van der Waals surface area contributed by atoms with Gasteiger partial charge in [0, 0.05) is 36.1 Å². The van der Waals surface area contributed by atoms with Crippen molar-refractivity contribution in [3.05, 3.63) is 56.6 Å². The van der Waals surface area contributed by atoms with Gasteiger partial charge in [0.1, 0.15) is 0 Å². The summed E-state index contributed by atoms with van der Waals surface area (Å²) in [7, 11) is 0. The highest BCUT2D eigenvalue weighted by molar-refractivity contribution is 7.15. The monoisotopic (exact) mass is 402 g/mol. The largest absolute Gasteiger partial charge is 0.450 e. The molecule has 0 atom stereocenters. The molecule has 0 unspecified atom stereocenters. The van der Waals surface area contributed by atoms with Crippen molar-refractivity contribution in [2.24, 2.45) is 0 Å². The number of carbonyl (C=O) groups is 2. The van der Waals surface area contributed by atoms with E-state index in [4.69, 9.17) is 4.74 Å². The van der Waals surface area contributed by atoms with E-state index >= 15 is 0 Å². The number of benzene rings is 1. The molecule has 0 saturated heterocycles. The number of amides is 2. The number of nitrogens with zero attached hydrogens (tertiary/aromatic N) is 3. The van der Waals surface area contributed by atoms with Crippen molar-refractivity contribution in [3.8, 4) is 0 Å². The van der Waals surface area contributed by atoms with Crippen molar-refractivity contribution >= 4 is 40.2 Å². The molecule has 2 heterocycles. The van der Waals surface area contributed by atoms with Gasteiger partial charge in [-0.15, -0.1) is 0 Å². The van der Waals surface area contributed by atoms with Gasteiger partial charge in [-0.2, -0.15) is 0 Å². The van der Waals surface area contributed by atoms with Crippen molar-refractivity contribution in [1.82, 2.24) is 9.88 Å². The fraction of sp³-hybridized carbons (Fsp3) is 0.278. The summed E-state index contributed by atoms with van der Waals surface area (Å²) >= 11 is 1.33. The fourth-order valence-electron chi connectivity index (χ4n) is 2.65. The van der Waals surface area contributed by atoms with Gasteiger partial charge in [0.15, 0.2) is 5.13 Å². The van der Waals surface area contributed by atoms with E-state index in [-0.39, 0.29) is 17.7 Å². The van der Waals surface area contributed by atoms with E-state index < -0.39 is 4.92 Å². The van der Waals surface area contributed by atoms with Gasteiger partial charge in [0.25, 0.3) is 5.69 Å². The molecule has 2 aromatic rings. The van der Waals surface area contributed by atoms with Crippen LogP contribution in [0.4, 0.5) is 15.6 Å². The van der Waals surface area contributed by atoms with Crippen LogP contribution < -0.4 is 5.32 Å². The molecule has 2 amide bonds. The Morgan fingerprint density at radius 2 is 2.14 bits per heavy atom. The zero-order valence-corrected chi connectivity index (χ0v) is 15.9. The lowest BCUT2D eigenvalue weighted by Crippen LogP contribution is -2.35. The molecule has 0 radical (unpaired) electrons. The Balaban J connectivity index is 1.59. The van der Waals surface area contributed by atoms with Gasteiger partial charge in [-0.25, -0.2) is 9.78 Å². The van der Waals surface area contributed by atoms with Crippen LogP contribution >= 0.6 is 11.3 Å². The van der Waals surface area contributed by atoms with Gasteiger partial charge >= 0.3 is 6.09 Å². The van der Waals surface area contributed by atoms with Gasteiger partial charge in [-0.3, -0.25) is 20.2 Å². The second-order valence-electron chi connectivity index (χ2n) is 5.93. The van der Waals surface area contributed by atoms with E-state index in [9.17, 15) is 19.7 Å². The average molecular weight is 402 g/mol. The summed E-state index contributed by atoms with van der Waals surface area (Å²) in [6.45, 7) is 3.04. The molecule has 10 heteroatoms. The first kappa shape index (κ1) is 19.5. The molecule has 0 spiro atoms. The third-order valence-corrected chi connectivity index (χ3v) is 5.02. The van der Waals surface area contributed by atoms with E-state index in [1.165, 1.54) is 29.5 Å². The van der Waals surface area contributed by atoms with E-state index in [1.807, 2.05) is 0 Å². The third-order valence-electron chi connectivity index (χ3n) is 4.02. The summed E-state index contributed by atoms with van der Waals surface area (Å²) in [4.78, 5) is 41.1. The minimum absolute atomic E-state index is 0.00756. The summed E-state index contributed by atoms with van der Waals surface area (Å²) in [5.41, 5.74) is 1.54. The topological polar surface area (TPSA) is 115 Å². The van der Waals surface area contributed by atoms with Crippen LogP contribution in [0.15, 0.2) is 30.3 Å². The van der Waals surface area contributed by atoms with Crippen molar-refractivity contribution in [1.29, 1.82) is 0 Å². The molecule has 3 rings (SSSR count). The standard InChI is InChI=1S/C18H18N4O5S/c1-2-27-18(24)21-10-9-14-15(11-21)28-17(19-14)20-16(23)8-5-12-3-6-13(7-4-12)22(25)26/h3-8H,2,9-11H2,1H3,(H,19,20,23)/b8-5-. The zero-order chi connectivity index (χ0) is 20.1. The summed E-state index contributed by atoms with van der Waals surface area (Å²) in [5.74, 6) is -0.355. The molecule has 1 N–H and O–H groups in total. The first-order valence-corrected chi connectivity index (χ1v) is 9.41. The SMILES string of the molecule is CCOC(=O)N1CCc2nc(NC(=O)/C=C\c3ccc([N+](=O)[O-])cc3)sc2C1. The van der Waals surface area contributed by atoms with Crippen LogP contribution in [0, 0.1) is 10.1 Å². The number of aromatic nitrogens is 1. The average Bonchev–Trinajstić information content (AvgIpc) is 3.08. The van der Waals surface area contributed by atoms with E-state index in [0.29, 0.717) is 36.8 Å². The number of fused-ring (bicyclic) bond motifs is 1. The first-order valence-electron chi connectivity index (χ1n) is 8.60. The zero-order valence-electron chi connectivity index (χ0n) is 15.1. The molecule has 0 saturated carbocycles. The smallest absolute Gasteiger partial charge is 0.410 e. The molecule has 1 aliphatic heterocycles. The van der Waals surface area contributed by atoms with Crippen molar-refractivity contribution in [2.75, 3.05) is 18.5 Å². The van der Waals surface area contributed by atoms with E-state index in [0.717, 1.165) is 10.6 Å². The Labute approximate surface area is 164 Å². The number of nitro groups is 1. The molecule has 0 aliphatic carbocycles. The van der Waals surface area contributed by atoms with Crippen molar-refractivity contribution < 1.29 is 19.2 Å². The number of hydrogen-bond donors (Lipinski definition) is 1. The maximum Gasteiger partial charge on any atom is 0.410 e. The predicted octanol–water partition coefficient (Wildman–Crippen LogP) is 3.22. The van der Waals surface area contributed by atoms with Crippen molar-refractivity contribution in [2.45, 2.75) is 19.9 Å². The number of anilines is 1. The number of hydrogen-bond acceptors (Lipinski definition) is 7. The van der Waals surface area contributed by atoms with Crippen LogP contribution in [0.1, 0.15) is 23.1 Å². The van der Waals surface area contributed by atoms with Crippen molar-refractivity contribution in [3.63, 3.8) is 0 Å². The maximum atomic E-state index is 12.1.